The third-order valence-corrected chi connectivity index (χ3v) is 4.95. The summed E-state index contributed by atoms with van der Waals surface area (Å²) < 4.78 is 18.1. The summed E-state index contributed by atoms with van der Waals surface area (Å²) in [7, 11) is 0. The highest BCUT2D eigenvalue weighted by Gasteiger charge is 2.10. The van der Waals surface area contributed by atoms with Gasteiger partial charge in [0.25, 0.3) is 5.91 Å². The molecule has 3 aromatic rings. The van der Waals surface area contributed by atoms with Gasteiger partial charge in [-0.2, -0.15) is 0 Å². The summed E-state index contributed by atoms with van der Waals surface area (Å²) in [6.45, 7) is 0. The van der Waals surface area contributed by atoms with Crippen molar-refractivity contribution in [2.75, 3.05) is 11.1 Å². The van der Waals surface area contributed by atoms with Crippen molar-refractivity contribution >= 4 is 40.9 Å². The summed E-state index contributed by atoms with van der Waals surface area (Å²) in [4.78, 5) is 24.9. The first-order valence-corrected chi connectivity index (χ1v) is 9.62. The van der Waals surface area contributed by atoms with E-state index in [-0.39, 0.29) is 17.5 Å². The number of ether oxygens (including phenoxy) is 1. The molecule has 0 spiro atoms. The van der Waals surface area contributed by atoms with Crippen LogP contribution in [0.15, 0.2) is 77.7 Å². The molecule has 0 aliphatic rings. The molecule has 0 heterocycles. The highest BCUT2D eigenvalue weighted by Crippen LogP contribution is 2.21. The van der Waals surface area contributed by atoms with Crippen LogP contribution in [0.3, 0.4) is 0 Å². The lowest BCUT2D eigenvalue weighted by Gasteiger charge is -2.08. The van der Waals surface area contributed by atoms with Crippen LogP contribution in [0, 0.1) is 5.82 Å². The predicted molar refractivity (Wildman–Crippen MR) is 109 cm³/mol. The molecule has 0 unspecified atom stereocenters. The lowest BCUT2D eigenvalue weighted by atomic mass is 10.2. The van der Waals surface area contributed by atoms with E-state index in [1.165, 1.54) is 23.9 Å². The average Bonchev–Trinajstić information content (AvgIpc) is 2.69. The number of rotatable bonds is 6. The van der Waals surface area contributed by atoms with Crippen LogP contribution in [0.1, 0.15) is 10.4 Å². The Morgan fingerprint density at radius 3 is 2.32 bits per heavy atom. The maximum atomic E-state index is 12.9. The van der Waals surface area contributed by atoms with Gasteiger partial charge in [0.15, 0.2) is 0 Å². The maximum Gasteiger partial charge on any atom is 0.321 e. The lowest BCUT2D eigenvalue weighted by Crippen LogP contribution is -2.13. The van der Waals surface area contributed by atoms with Gasteiger partial charge in [0.05, 0.1) is 16.3 Å². The smallest absolute Gasteiger partial charge is 0.321 e. The Labute approximate surface area is 170 Å². The zero-order valence-corrected chi connectivity index (χ0v) is 16.1. The normalized spacial score (nSPS) is 10.4. The van der Waals surface area contributed by atoms with Crippen molar-refractivity contribution in [2.45, 2.75) is 4.90 Å². The van der Waals surface area contributed by atoms with Gasteiger partial charge in [-0.1, -0.05) is 23.7 Å². The van der Waals surface area contributed by atoms with Crippen LogP contribution in [-0.4, -0.2) is 17.6 Å². The van der Waals surface area contributed by atoms with Crippen LogP contribution < -0.4 is 10.1 Å². The van der Waals surface area contributed by atoms with Gasteiger partial charge in [-0.05, 0) is 60.7 Å². The van der Waals surface area contributed by atoms with Crippen molar-refractivity contribution in [1.82, 2.24) is 0 Å². The zero-order chi connectivity index (χ0) is 19.9. The largest absolute Gasteiger partial charge is 0.426 e. The molecule has 7 heteroatoms. The number of hydrogen-bond acceptors (Lipinski definition) is 4. The molecule has 3 aromatic carbocycles. The monoisotopic (exact) mass is 415 g/mol. The van der Waals surface area contributed by atoms with Gasteiger partial charge in [0, 0.05) is 10.6 Å². The molecule has 0 aromatic heterocycles. The number of halogens is 2. The molecule has 28 heavy (non-hydrogen) atoms. The molecule has 1 amide bonds. The van der Waals surface area contributed by atoms with Crippen molar-refractivity contribution in [3.63, 3.8) is 0 Å². The summed E-state index contributed by atoms with van der Waals surface area (Å²) in [6, 6.07) is 19.1. The van der Waals surface area contributed by atoms with Gasteiger partial charge in [0.1, 0.15) is 11.6 Å². The number of nitrogens with one attached hydrogen (secondary N) is 1. The molecule has 0 aliphatic heterocycles. The Kier molecular flexibility index (Phi) is 6.68. The zero-order valence-electron chi connectivity index (χ0n) is 14.5. The van der Waals surface area contributed by atoms with E-state index < -0.39 is 5.97 Å². The fourth-order valence-corrected chi connectivity index (χ4v) is 3.18. The van der Waals surface area contributed by atoms with Gasteiger partial charge in [-0.3, -0.25) is 9.59 Å². The Morgan fingerprint density at radius 1 is 0.964 bits per heavy atom. The van der Waals surface area contributed by atoms with Crippen molar-refractivity contribution in [1.29, 1.82) is 0 Å². The minimum absolute atomic E-state index is 0.0939. The van der Waals surface area contributed by atoms with Gasteiger partial charge < -0.3 is 10.1 Å². The van der Waals surface area contributed by atoms with Crippen LogP contribution in [0.25, 0.3) is 0 Å². The van der Waals surface area contributed by atoms with E-state index in [1.807, 2.05) is 0 Å². The summed E-state index contributed by atoms with van der Waals surface area (Å²) in [5, 5.41) is 3.10. The number of amides is 1. The third-order valence-electron chi connectivity index (χ3n) is 3.63. The van der Waals surface area contributed by atoms with Crippen LogP contribution in [0.5, 0.6) is 5.75 Å². The van der Waals surface area contributed by atoms with E-state index in [4.69, 9.17) is 16.3 Å². The van der Waals surface area contributed by atoms with Crippen LogP contribution in [0.2, 0.25) is 5.02 Å². The van der Waals surface area contributed by atoms with Gasteiger partial charge in [-0.25, -0.2) is 4.39 Å². The molecule has 3 rings (SSSR count). The first-order valence-electron chi connectivity index (χ1n) is 8.26. The second-order valence-corrected chi connectivity index (χ2v) is 7.13. The molecule has 0 radical (unpaired) electrons. The standard InChI is InChI=1S/C21H15ClFNO3S/c22-19-4-2-1-3-18(19)21(26)24-15-7-9-16(10-8-15)27-20(25)13-28-17-11-5-14(23)6-12-17/h1-12H,13H2,(H,24,26). The van der Waals surface area contributed by atoms with E-state index in [9.17, 15) is 14.0 Å². The van der Waals surface area contributed by atoms with Gasteiger partial charge in [-0.15, -0.1) is 11.8 Å². The highest BCUT2D eigenvalue weighted by atomic mass is 35.5. The number of thioether (sulfide) groups is 1. The number of anilines is 1. The number of benzene rings is 3. The Bertz CT molecular complexity index is 978. The summed E-state index contributed by atoms with van der Waals surface area (Å²) in [6.07, 6.45) is 0. The number of carbonyl (C=O) groups excluding carboxylic acids is 2. The van der Waals surface area contributed by atoms with Gasteiger partial charge >= 0.3 is 5.97 Å². The second-order valence-electron chi connectivity index (χ2n) is 5.68. The lowest BCUT2D eigenvalue weighted by molar-refractivity contribution is -0.131. The molecular weight excluding hydrogens is 401 g/mol. The number of carbonyl (C=O) groups is 2. The van der Waals surface area contributed by atoms with Crippen LogP contribution in [-0.2, 0) is 4.79 Å². The molecule has 0 fully saturated rings. The third kappa shape index (κ3) is 5.58. The maximum absolute atomic E-state index is 12.9. The van der Waals surface area contributed by atoms with Crippen LogP contribution >= 0.6 is 23.4 Å². The second kappa shape index (κ2) is 9.39. The topological polar surface area (TPSA) is 55.4 Å². The van der Waals surface area contributed by atoms with Crippen molar-refractivity contribution in [3.8, 4) is 5.75 Å². The molecule has 0 bridgehead atoms. The first kappa shape index (κ1) is 19.9. The van der Waals surface area contributed by atoms with E-state index in [1.54, 1.807) is 60.7 Å². The Morgan fingerprint density at radius 2 is 1.64 bits per heavy atom. The fourth-order valence-electron chi connectivity index (χ4n) is 2.28. The van der Waals surface area contributed by atoms with Crippen molar-refractivity contribution in [2.24, 2.45) is 0 Å². The SMILES string of the molecule is O=C(CSc1ccc(F)cc1)Oc1ccc(NC(=O)c2ccccc2Cl)cc1. The molecule has 0 atom stereocenters. The minimum Gasteiger partial charge on any atom is -0.426 e. The summed E-state index contributed by atoms with van der Waals surface area (Å²) in [5.41, 5.74) is 0.919. The van der Waals surface area contributed by atoms with Crippen molar-refractivity contribution < 1.29 is 18.7 Å². The van der Waals surface area contributed by atoms with Crippen LogP contribution in [0.4, 0.5) is 10.1 Å². The van der Waals surface area contributed by atoms with E-state index in [2.05, 4.69) is 5.32 Å². The van der Waals surface area contributed by atoms with E-state index in [0.29, 0.717) is 22.0 Å². The quantitative estimate of drug-likeness (QED) is 0.331. The average molecular weight is 416 g/mol. The molecule has 4 nitrogen and oxygen atoms in total. The molecule has 0 aliphatic carbocycles. The summed E-state index contributed by atoms with van der Waals surface area (Å²) in [5.74, 6) is -0.626. The number of hydrogen-bond donors (Lipinski definition) is 1. The molecule has 1 N–H and O–H groups in total. The molecular formula is C21H15ClFNO3S. The van der Waals surface area contributed by atoms with E-state index in [0.717, 1.165) is 4.90 Å². The Balaban J connectivity index is 1.52. The molecule has 0 saturated heterocycles. The Hall–Kier alpha value is -2.83. The minimum atomic E-state index is -0.429. The van der Waals surface area contributed by atoms with Crippen molar-refractivity contribution in [3.05, 3.63) is 89.2 Å². The van der Waals surface area contributed by atoms with E-state index >= 15 is 0 Å². The first-order chi connectivity index (χ1) is 13.5. The highest BCUT2D eigenvalue weighted by molar-refractivity contribution is 8.00. The molecule has 0 saturated carbocycles. The predicted octanol–water partition coefficient (Wildman–Crippen LogP) is 5.43. The molecule has 142 valence electrons. The number of esters is 1. The fraction of sp³-hybridized carbons (Fsp3) is 0.0476. The van der Waals surface area contributed by atoms with Gasteiger partial charge in [0.2, 0.25) is 0 Å². The summed E-state index contributed by atoms with van der Waals surface area (Å²) >= 11 is 7.27.